The summed E-state index contributed by atoms with van der Waals surface area (Å²) in [5.74, 6) is 1.42. The summed E-state index contributed by atoms with van der Waals surface area (Å²) in [6.07, 6.45) is 2.54. The second kappa shape index (κ2) is 7.27. The SMILES string of the molecule is Cc1cc(NCC2CCCO2)nc(Nc2ccc(Br)c(C)c2)n1. The summed E-state index contributed by atoms with van der Waals surface area (Å²) >= 11 is 3.51. The Bertz CT molecular complexity index is 686. The fraction of sp³-hybridized carbons (Fsp3) is 0.412. The largest absolute Gasteiger partial charge is 0.376 e. The van der Waals surface area contributed by atoms with E-state index in [4.69, 9.17) is 4.74 Å². The monoisotopic (exact) mass is 376 g/mol. The molecule has 1 aliphatic rings. The predicted molar refractivity (Wildman–Crippen MR) is 96.4 cm³/mol. The van der Waals surface area contributed by atoms with Crippen LogP contribution in [-0.4, -0.2) is 29.2 Å². The quantitative estimate of drug-likeness (QED) is 0.818. The van der Waals surface area contributed by atoms with Gasteiger partial charge in [-0.2, -0.15) is 4.98 Å². The number of nitrogens with zero attached hydrogens (tertiary/aromatic N) is 2. The van der Waals surface area contributed by atoms with Gasteiger partial charge in [0, 0.05) is 35.1 Å². The summed E-state index contributed by atoms with van der Waals surface area (Å²) in [5.41, 5.74) is 3.06. The third-order valence-corrected chi connectivity index (χ3v) is 4.69. The third-order valence-electron chi connectivity index (χ3n) is 3.80. The molecule has 2 aromatic rings. The maximum Gasteiger partial charge on any atom is 0.229 e. The highest BCUT2D eigenvalue weighted by Gasteiger charge is 2.15. The second-order valence-electron chi connectivity index (χ2n) is 5.82. The lowest BCUT2D eigenvalue weighted by molar-refractivity contribution is 0.120. The van der Waals surface area contributed by atoms with Gasteiger partial charge in [-0.05, 0) is 50.5 Å². The molecular weight excluding hydrogens is 356 g/mol. The van der Waals surface area contributed by atoms with E-state index in [1.54, 1.807) is 0 Å². The Morgan fingerprint density at radius 2 is 2.13 bits per heavy atom. The number of aryl methyl sites for hydroxylation is 2. The van der Waals surface area contributed by atoms with E-state index in [0.717, 1.165) is 47.7 Å². The van der Waals surface area contributed by atoms with Crippen LogP contribution in [0.5, 0.6) is 0 Å². The van der Waals surface area contributed by atoms with Gasteiger partial charge in [-0.3, -0.25) is 0 Å². The van der Waals surface area contributed by atoms with Crippen molar-refractivity contribution < 1.29 is 4.74 Å². The summed E-state index contributed by atoms with van der Waals surface area (Å²) in [7, 11) is 0. The molecule has 1 aliphatic heterocycles. The van der Waals surface area contributed by atoms with Gasteiger partial charge in [-0.15, -0.1) is 0 Å². The lowest BCUT2D eigenvalue weighted by Gasteiger charge is -2.13. The molecule has 0 spiro atoms. The molecule has 6 heteroatoms. The Labute approximate surface area is 145 Å². The fourth-order valence-corrected chi connectivity index (χ4v) is 2.84. The Morgan fingerprint density at radius 1 is 1.26 bits per heavy atom. The van der Waals surface area contributed by atoms with Crippen LogP contribution in [0.3, 0.4) is 0 Å². The molecule has 1 aromatic carbocycles. The molecule has 1 saturated heterocycles. The molecule has 23 heavy (non-hydrogen) atoms. The van der Waals surface area contributed by atoms with Gasteiger partial charge < -0.3 is 15.4 Å². The fourth-order valence-electron chi connectivity index (χ4n) is 2.59. The van der Waals surface area contributed by atoms with Crippen LogP contribution in [-0.2, 0) is 4.74 Å². The molecule has 1 unspecified atom stereocenters. The van der Waals surface area contributed by atoms with Crippen molar-refractivity contribution in [1.29, 1.82) is 0 Å². The van der Waals surface area contributed by atoms with Crippen LogP contribution < -0.4 is 10.6 Å². The zero-order valence-electron chi connectivity index (χ0n) is 13.4. The first-order valence-corrected chi connectivity index (χ1v) is 8.64. The van der Waals surface area contributed by atoms with Gasteiger partial charge in [-0.1, -0.05) is 15.9 Å². The first-order chi connectivity index (χ1) is 11.1. The number of aromatic nitrogens is 2. The molecule has 0 radical (unpaired) electrons. The highest BCUT2D eigenvalue weighted by atomic mass is 79.9. The molecule has 0 amide bonds. The molecule has 1 atom stereocenters. The minimum absolute atomic E-state index is 0.288. The van der Waals surface area contributed by atoms with Crippen LogP contribution in [0.15, 0.2) is 28.7 Å². The molecule has 2 heterocycles. The maximum absolute atomic E-state index is 5.63. The van der Waals surface area contributed by atoms with Crippen LogP contribution in [0.2, 0.25) is 0 Å². The summed E-state index contributed by atoms with van der Waals surface area (Å²) in [4.78, 5) is 9.00. The van der Waals surface area contributed by atoms with Crippen molar-refractivity contribution >= 4 is 33.4 Å². The van der Waals surface area contributed by atoms with E-state index in [1.165, 1.54) is 5.56 Å². The summed E-state index contributed by atoms with van der Waals surface area (Å²) < 4.78 is 6.72. The Hall–Kier alpha value is -1.66. The summed E-state index contributed by atoms with van der Waals surface area (Å²) in [5, 5.41) is 6.62. The normalized spacial score (nSPS) is 17.3. The molecule has 1 fully saturated rings. The molecule has 5 nitrogen and oxygen atoms in total. The van der Waals surface area contributed by atoms with Crippen LogP contribution in [0.4, 0.5) is 17.5 Å². The highest BCUT2D eigenvalue weighted by molar-refractivity contribution is 9.10. The molecular formula is C17H21BrN4O. The van der Waals surface area contributed by atoms with Gasteiger partial charge in [-0.25, -0.2) is 4.98 Å². The van der Waals surface area contributed by atoms with Gasteiger partial charge in [0.15, 0.2) is 0 Å². The van der Waals surface area contributed by atoms with Gasteiger partial charge in [0.25, 0.3) is 0 Å². The first kappa shape index (κ1) is 16.2. The van der Waals surface area contributed by atoms with E-state index in [1.807, 2.05) is 25.1 Å². The minimum atomic E-state index is 0.288. The average molecular weight is 377 g/mol. The zero-order chi connectivity index (χ0) is 16.2. The summed E-state index contributed by atoms with van der Waals surface area (Å²) in [6, 6.07) is 8.04. The van der Waals surface area contributed by atoms with Gasteiger partial charge >= 0.3 is 0 Å². The van der Waals surface area contributed by atoms with Crippen LogP contribution in [0, 0.1) is 13.8 Å². The minimum Gasteiger partial charge on any atom is -0.376 e. The van der Waals surface area contributed by atoms with Crippen molar-refractivity contribution in [2.24, 2.45) is 0 Å². The van der Waals surface area contributed by atoms with Crippen molar-refractivity contribution in [3.05, 3.63) is 40.0 Å². The number of hydrogen-bond donors (Lipinski definition) is 2. The van der Waals surface area contributed by atoms with Crippen molar-refractivity contribution in [3.8, 4) is 0 Å². The molecule has 0 bridgehead atoms. The van der Waals surface area contributed by atoms with Crippen molar-refractivity contribution in [1.82, 2.24) is 9.97 Å². The number of benzene rings is 1. The van der Waals surface area contributed by atoms with Crippen molar-refractivity contribution in [2.75, 3.05) is 23.8 Å². The maximum atomic E-state index is 5.63. The number of anilines is 3. The molecule has 3 rings (SSSR count). The average Bonchev–Trinajstić information content (AvgIpc) is 3.02. The molecule has 0 saturated carbocycles. The van der Waals surface area contributed by atoms with E-state index >= 15 is 0 Å². The van der Waals surface area contributed by atoms with Gasteiger partial charge in [0.2, 0.25) is 5.95 Å². The number of halogens is 1. The topological polar surface area (TPSA) is 59.1 Å². The van der Waals surface area contributed by atoms with Gasteiger partial charge in [0.05, 0.1) is 6.10 Å². The Kier molecular flexibility index (Phi) is 5.13. The van der Waals surface area contributed by atoms with Crippen molar-refractivity contribution in [3.63, 3.8) is 0 Å². The predicted octanol–water partition coefficient (Wildman–Crippen LogP) is 4.19. The van der Waals surface area contributed by atoms with E-state index in [2.05, 4.69) is 49.5 Å². The van der Waals surface area contributed by atoms with E-state index in [0.29, 0.717) is 5.95 Å². The van der Waals surface area contributed by atoms with Gasteiger partial charge in [0.1, 0.15) is 5.82 Å². The molecule has 0 aliphatic carbocycles. The van der Waals surface area contributed by atoms with E-state index < -0.39 is 0 Å². The highest BCUT2D eigenvalue weighted by Crippen LogP contribution is 2.22. The molecule has 1 aromatic heterocycles. The van der Waals surface area contributed by atoms with E-state index in [-0.39, 0.29) is 6.10 Å². The van der Waals surface area contributed by atoms with Crippen LogP contribution >= 0.6 is 15.9 Å². The smallest absolute Gasteiger partial charge is 0.229 e. The number of nitrogens with one attached hydrogen (secondary N) is 2. The second-order valence-corrected chi connectivity index (χ2v) is 6.68. The van der Waals surface area contributed by atoms with Crippen LogP contribution in [0.25, 0.3) is 0 Å². The van der Waals surface area contributed by atoms with E-state index in [9.17, 15) is 0 Å². The lowest BCUT2D eigenvalue weighted by atomic mass is 10.2. The Morgan fingerprint density at radius 3 is 2.87 bits per heavy atom. The summed E-state index contributed by atoms with van der Waals surface area (Å²) in [6.45, 7) is 5.68. The molecule has 122 valence electrons. The number of ether oxygens (including phenoxy) is 1. The zero-order valence-corrected chi connectivity index (χ0v) is 15.0. The standard InChI is InChI=1S/C17H21BrN4O/c1-11-8-13(5-6-15(11)18)21-17-20-12(2)9-16(22-17)19-10-14-4-3-7-23-14/h5-6,8-9,14H,3-4,7,10H2,1-2H3,(H2,19,20,21,22). The van der Waals surface area contributed by atoms with Crippen LogP contribution in [0.1, 0.15) is 24.1 Å². The Balaban J connectivity index is 1.70. The lowest BCUT2D eigenvalue weighted by Crippen LogP contribution is -2.19. The first-order valence-electron chi connectivity index (χ1n) is 7.84. The number of rotatable bonds is 5. The third kappa shape index (κ3) is 4.42. The van der Waals surface area contributed by atoms with Crippen molar-refractivity contribution in [2.45, 2.75) is 32.8 Å². The number of hydrogen-bond acceptors (Lipinski definition) is 5. The molecule has 2 N–H and O–H groups in total.